The van der Waals surface area contributed by atoms with Gasteiger partial charge in [-0.25, -0.2) is 9.97 Å². The fourth-order valence-corrected chi connectivity index (χ4v) is 5.99. The second-order valence-corrected chi connectivity index (χ2v) is 10.6. The third-order valence-electron chi connectivity index (χ3n) is 7.68. The van der Waals surface area contributed by atoms with Crippen LogP contribution in [0.2, 0.25) is 5.02 Å². The molecule has 1 atom stereocenters. The van der Waals surface area contributed by atoms with Crippen LogP contribution in [-0.4, -0.2) is 52.4 Å². The van der Waals surface area contributed by atoms with Crippen molar-refractivity contribution < 1.29 is 9.59 Å². The summed E-state index contributed by atoms with van der Waals surface area (Å²) in [5, 5.41) is 3.56. The maximum Gasteiger partial charge on any atom is 0.254 e. The van der Waals surface area contributed by atoms with Crippen molar-refractivity contribution in [2.75, 3.05) is 24.5 Å². The van der Waals surface area contributed by atoms with Gasteiger partial charge in [0.15, 0.2) is 0 Å². The Morgan fingerprint density at radius 1 is 1.05 bits per heavy atom. The number of nitrogens with zero attached hydrogens (tertiary/aromatic N) is 4. The molecule has 0 spiro atoms. The summed E-state index contributed by atoms with van der Waals surface area (Å²) in [6, 6.07) is 15.1. The molecule has 1 aliphatic heterocycles. The molecule has 0 saturated carbocycles. The Labute approximate surface area is 229 Å². The molecule has 1 aliphatic carbocycles. The van der Waals surface area contributed by atoms with E-state index in [-0.39, 0.29) is 23.9 Å². The van der Waals surface area contributed by atoms with Crippen molar-refractivity contribution in [2.24, 2.45) is 0 Å². The molecule has 198 valence electrons. The molecule has 0 bridgehead atoms. The smallest absolute Gasteiger partial charge is 0.254 e. The molecule has 5 rings (SSSR count). The maximum atomic E-state index is 13.7. The first-order chi connectivity index (χ1) is 18.3. The molecule has 38 heavy (non-hydrogen) atoms. The van der Waals surface area contributed by atoms with E-state index in [0.29, 0.717) is 22.7 Å². The summed E-state index contributed by atoms with van der Waals surface area (Å²) in [6.07, 6.45) is 3.46. The third kappa shape index (κ3) is 5.39. The molecule has 8 heteroatoms. The van der Waals surface area contributed by atoms with Crippen LogP contribution in [0.4, 0.5) is 5.82 Å². The number of anilines is 1. The third-order valence-corrected chi connectivity index (χ3v) is 8.01. The highest BCUT2D eigenvalue weighted by molar-refractivity contribution is 6.33. The van der Waals surface area contributed by atoms with Crippen molar-refractivity contribution in [3.05, 3.63) is 87.3 Å². The Morgan fingerprint density at radius 2 is 1.82 bits per heavy atom. The molecule has 0 radical (unpaired) electrons. The SMILES string of the molecule is CCN(C(=O)c1ccc2c(c1)C(NC(=O)c1ccccc1Cl)CC2)C1CCN(c2cc(C)nc(C)n2)CC1. The molecule has 2 aliphatic rings. The number of rotatable bonds is 6. The first-order valence-electron chi connectivity index (χ1n) is 13.4. The summed E-state index contributed by atoms with van der Waals surface area (Å²) in [6.45, 7) is 8.31. The zero-order valence-electron chi connectivity index (χ0n) is 22.2. The predicted octanol–water partition coefficient (Wildman–Crippen LogP) is 5.30. The van der Waals surface area contributed by atoms with Crippen LogP contribution in [0.3, 0.4) is 0 Å². The van der Waals surface area contributed by atoms with Crippen LogP contribution < -0.4 is 10.2 Å². The van der Waals surface area contributed by atoms with E-state index < -0.39 is 0 Å². The zero-order valence-corrected chi connectivity index (χ0v) is 23.0. The van der Waals surface area contributed by atoms with Gasteiger partial charge in [0.2, 0.25) is 0 Å². The number of halogens is 1. The number of carbonyl (C=O) groups excluding carboxylic acids is 2. The van der Waals surface area contributed by atoms with Crippen LogP contribution in [0.1, 0.15) is 75.6 Å². The molecule has 7 nitrogen and oxygen atoms in total. The van der Waals surface area contributed by atoms with Crippen LogP contribution in [0, 0.1) is 13.8 Å². The molecule has 2 heterocycles. The number of amides is 2. The molecule has 1 N–H and O–H groups in total. The van der Waals surface area contributed by atoms with Crippen molar-refractivity contribution in [2.45, 2.75) is 58.5 Å². The first kappa shape index (κ1) is 26.2. The fourth-order valence-electron chi connectivity index (χ4n) is 5.77. The van der Waals surface area contributed by atoms with Crippen molar-refractivity contribution in [1.82, 2.24) is 20.2 Å². The Bertz CT molecular complexity index is 1330. The second-order valence-electron chi connectivity index (χ2n) is 10.2. The van der Waals surface area contributed by atoms with Gasteiger partial charge in [-0.15, -0.1) is 0 Å². The average molecular weight is 532 g/mol. The van der Waals surface area contributed by atoms with Gasteiger partial charge in [-0.2, -0.15) is 0 Å². The molecule has 1 fully saturated rings. The summed E-state index contributed by atoms with van der Waals surface area (Å²) in [5.41, 5.74) is 4.31. The zero-order chi connectivity index (χ0) is 26.8. The summed E-state index contributed by atoms with van der Waals surface area (Å²) in [5.74, 6) is 1.60. The van der Waals surface area contributed by atoms with Crippen molar-refractivity contribution in [3.8, 4) is 0 Å². The van der Waals surface area contributed by atoms with Crippen LogP contribution >= 0.6 is 11.6 Å². The normalized spacial score (nSPS) is 17.3. The molecule has 2 amide bonds. The summed E-state index contributed by atoms with van der Waals surface area (Å²) in [4.78, 5) is 39.9. The molecular weight excluding hydrogens is 498 g/mol. The van der Waals surface area contributed by atoms with Gasteiger partial charge in [0.1, 0.15) is 11.6 Å². The minimum Gasteiger partial charge on any atom is -0.356 e. The van der Waals surface area contributed by atoms with Gasteiger partial charge in [0.25, 0.3) is 11.8 Å². The molecule has 1 unspecified atom stereocenters. The molecule has 3 aromatic rings. The Hall–Kier alpha value is -3.45. The van der Waals surface area contributed by atoms with E-state index in [1.807, 2.05) is 56.0 Å². The largest absolute Gasteiger partial charge is 0.356 e. The molecule has 1 saturated heterocycles. The van der Waals surface area contributed by atoms with Gasteiger partial charge in [-0.05, 0) is 81.8 Å². The summed E-state index contributed by atoms with van der Waals surface area (Å²) < 4.78 is 0. The highest BCUT2D eigenvalue weighted by Gasteiger charge is 2.30. The number of aromatic nitrogens is 2. The number of nitrogens with one attached hydrogen (secondary N) is 1. The predicted molar refractivity (Wildman–Crippen MR) is 150 cm³/mol. The topological polar surface area (TPSA) is 78.4 Å². The Balaban J connectivity index is 1.27. The lowest BCUT2D eigenvalue weighted by molar-refractivity contribution is 0.0662. The highest BCUT2D eigenvalue weighted by atomic mass is 35.5. The lowest BCUT2D eigenvalue weighted by Crippen LogP contribution is -2.47. The number of hydrogen-bond acceptors (Lipinski definition) is 5. The van der Waals surface area contributed by atoms with Crippen molar-refractivity contribution in [1.29, 1.82) is 0 Å². The molecule has 1 aromatic heterocycles. The van der Waals surface area contributed by atoms with Crippen LogP contribution in [0.15, 0.2) is 48.5 Å². The number of fused-ring (bicyclic) bond motifs is 1. The van der Waals surface area contributed by atoms with E-state index in [0.717, 1.165) is 61.7 Å². The highest BCUT2D eigenvalue weighted by Crippen LogP contribution is 2.33. The number of piperidine rings is 1. The van der Waals surface area contributed by atoms with E-state index in [1.165, 1.54) is 5.56 Å². The molecule has 2 aromatic carbocycles. The number of carbonyl (C=O) groups is 2. The summed E-state index contributed by atoms with van der Waals surface area (Å²) in [7, 11) is 0. The van der Waals surface area contributed by atoms with Gasteiger partial charge in [-0.3, -0.25) is 9.59 Å². The Morgan fingerprint density at radius 3 is 2.53 bits per heavy atom. The number of benzene rings is 2. The van der Waals surface area contributed by atoms with E-state index in [1.54, 1.807) is 18.2 Å². The van der Waals surface area contributed by atoms with Gasteiger partial charge >= 0.3 is 0 Å². The Kier molecular flexibility index (Phi) is 7.65. The second kappa shape index (κ2) is 11.1. The maximum absolute atomic E-state index is 13.7. The number of hydrogen-bond donors (Lipinski definition) is 1. The minimum atomic E-state index is -0.193. The van der Waals surface area contributed by atoms with Gasteiger partial charge in [0, 0.05) is 43.0 Å². The van der Waals surface area contributed by atoms with Gasteiger partial charge in [-0.1, -0.05) is 29.8 Å². The summed E-state index contributed by atoms with van der Waals surface area (Å²) >= 11 is 6.23. The minimum absolute atomic E-state index is 0.0468. The van der Waals surface area contributed by atoms with E-state index >= 15 is 0 Å². The van der Waals surface area contributed by atoms with Crippen molar-refractivity contribution in [3.63, 3.8) is 0 Å². The van der Waals surface area contributed by atoms with E-state index in [2.05, 4.69) is 20.2 Å². The monoisotopic (exact) mass is 531 g/mol. The van der Waals surface area contributed by atoms with Crippen LogP contribution in [-0.2, 0) is 6.42 Å². The van der Waals surface area contributed by atoms with Gasteiger partial charge < -0.3 is 15.1 Å². The van der Waals surface area contributed by atoms with Crippen molar-refractivity contribution >= 4 is 29.2 Å². The first-order valence-corrected chi connectivity index (χ1v) is 13.8. The number of aryl methyl sites for hydroxylation is 3. The molecular formula is C30H34ClN5O2. The van der Waals surface area contributed by atoms with Crippen LogP contribution in [0.5, 0.6) is 0 Å². The fraction of sp³-hybridized carbons (Fsp3) is 0.400. The van der Waals surface area contributed by atoms with Crippen LogP contribution in [0.25, 0.3) is 0 Å². The van der Waals surface area contributed by atoms with E-state index in [4.69, 9.17) is 11.6 Å². The quantitative estimate of drug-likeness (QED) is 0.467. The van der Waals surface area contributed by atoms with Gasteiger partial charge in [0.05, 0.1) is 16.6 Å². The average Bonchev–Trinajstić information content (AvgIpc) is 3.31. The lowest BCUT2D eigenvalue weighted by Gasteiger charge is -2.38. The standard InChI is InChI=1S/C30H34ClN5O2/c1-4-36(23-13-15-35(16-14-23)28-17-19(2)32-20(3)33-28)30(38)22-10-9-21-11-12-27(25(21)18-22)34-29(37)24-7-5-6-8-26(24)31/h5-10,17-18,23,27H,4,11-16H2,1-3H3,(H,34,37). The lowest BCUT2D eigenvalue weighted by atomic mass is 9.99. The van der Waals surface area contributed by atoms with E-state index in [9.17, 15) is 9.59 Å².